The van der Waals surface area contributed by atoms with Gasteiger partial charge in [0.15, 0.2) is 0 Å². The van der Waals surface area contributed by atoms with Crippen molar-refractivity contribution in [2.24, 2.45) is 0 Å². The molecule has 0 aliphatic rings. The van der Waals surface area contributed by atoms with Gasteiger partial charge >= 0.3 is 0 Å². The Morgan fingerprint density at radius 1 is 1.19 bits per heavy atom. The van der Waals surface area contributed by atoms with Crippen molar-refractivity contribution in [3.63, 3.8) is 0 Å². The van der Waals surface area contributed by atoms with Gasteiger partial charge in [0.1, 0.15) is 0 Å². The summed E-state index contributed by atoms with van der Waals surface area (Å²) < 4.78 is 1.92. The Bertz CT molecular complexity index is 911. The second-order valence-corrected chi connectivity index (χ2v) is 6.28. The summed E-state index contributed by atoms with van der Waals surface area (Å²) in [6, 6.07) is 13.8. The number of hydrogen-bond acceptors (Lipinski definition) is 3. The smallest absolute Gasteiger partial charge is 0.244 e. The van der Waals surface area contributed by atoms with E-state index in [1.54, 1.807) is 18.5 Å². The fourth-order valence-electron chi connectivity index (χ4n) is 2.79. The highest BCUT2D eigenvalue weighted by atomic mass is 16.1. The maximum Gasteiger partial charge on any atom is 0.244 e. The Morgan fingerprint density at radius 3 is 2.58 bits per heavy atom. The molecule has 5 nitrogen and oxygen atoms in total. The number of benzene rings is 1. The van der Waals surface area contributed by atoms with Crippen LogP contribution in [0, 0.1) is 13.8 Å². The molecule has 5 heteroatoms. The fraction of sp³-hybridized carbons (Fsp3) is 0.190. The highest BCUT2D eigenvalue weighted by molar-refractivity contribution is 5.91. The quantitative estimate of drug-likeness (QED) is 0.715. The number of rotatable bonds is 5. The number of pyridine rings is 1. The van der Waals surface area contributed by atoms with E-state index in [1.807, 2.05) is 67.9 Å². The number of aromatic nitrogens is 3. The minimum atomic E-state index is -0.135. The first-order valence-corrected chi connectivity index (χ1v) is 8.55. The van der Waals surface area contributed by atoms with Gasteiger partial charge in [0, 0.05) is 24.2 Å². The van der Waals surface area contributed by atoms with E-state index >= 15 is 0 Å². The van der Waals surface area contributed by atoms with Gasteiger partial charge in [0.25, 0.3) is 0 Å². The van der Waals surface area contributed by atoms with Crippen LogP contribution in [0.1, 0.15) is 35.5 Å². The number of amides is 1. The third kappa shape index (κ3) is 4.25. The second-order valence-electron chi connectivity index (χ2n) is 6.28. The summed E-state index contributed by atoms with van der Waals surface area (Å²) in [7, 11) is 0. The third-order valence-electron chi connectivity index (χ3n) is 4.12. The molecule has 1 amide bonds. The van der Waals surface area contributed by atoms with Gasteiger partial charge in [-0.25, -0.2) is 4.68 Å². The van der Waals surface area contributed by atoms with Crippen LogP contribution in [0.25, 0.3) is 11.8 Å². The summed E-state index contributed by atoms with van der Waals surface area (Å²) in [5.41, 5.74) is 5.03. The highest BCUT2D eigenvalue weighted by Gasteiger charge is 2.09. The minimum absolute atomic E-state index is 0.0875. The van der Waals surface area contributed by atoms with Crippen LogP contribution in [0.5, 0.6) is 0 Å². The van der Waals surface area contributed by atoms with E-state index in [-0.39, 0.29) is 11.9 Å². The Morgan fingerprint density at radius 2 is 1.96 bits per heavy atom. The van der Waals surface area contributed by atoms with E-state index < -0.39 is 0 Å². The molecular formula is C21H22N4O. The third-order valence-corrected chi connectivity index (χ3v) is 4.12. The Labute approximate surface area is 153 Å². The molecule has 0 saturated carbocycles. The van der Waals surface area contributed by atoms with Crippen LogP contribution in [0.2, 0.25) is 0 Å². The summed E-state index contributed by atoms with van der Waals surface area (Å²) >= 11 is 0. The first-order valence-electron chi connectivity index (χ1n) is 8.55. The van der Waals surface area contributed by atoms with Crippen molar-refractivity contribution in [3.05, 3.63) is 83.4 Å². The molecule has 0 aliphatic heterocycles. The summed E-state index contributed by atoms with van der Waals surface area (Å²) in [4.78, 5) is 16.1. The lowest BCUT2D eigenvalue weighted by Gasteiger charge is -2.14. The zero-order valence-corrected chi connectivity index (χ0v) is 15.2. The van der Waals surface area contributed by atoms with Crippen molar-refractivity contribution >= 4 is 12.0 Å². The molecule has 0 bridgehead atoms. The lowest BCUT2D eigenvalue weighted by molar-refractivity contribution is -0.117. The van der Waals surface area contributed by atoms with Gasteiger partial charge in [-0.15, -0.1) is 0 Å². The van der Waals surface area contributed by atoms with Crippen LogP contribution in [0.3, 0.4) is 0 Å². The predicted molar refractivity (Wildman–Crippen MR) is 103 cm³/mol. The zero-order valence-electron chi connectivity index (χ0n) is 15.2. The van der Waals surface area contributed by atoms with Gasteiger partial charge in [-0.2, -0.15) is 5.10 Å². The first kappa shape index (κ1) is 17.6. The van der Waals surface area contributed by atoms with Crippen molar-refractivity contribution in [1.82, 2.24) is 20.1 Å². The maximum atomic E-state index is 12.1. The minimum Gasteiger partial charge on any atom is -0.346 e. The Kier molecular flexibility index (Phi) is 5.27. The highest BCUT2D eigenvalue weighted by Crippen LogP contribution is 2.17. The summed E-state index contributed by atoms with van der Waals surface area (Å²) in [5.74, 6) is -0.135. The molecule has 132 valence electrons. The first-order chi connectivity index (χ1) is 12.5. The number of carbonyl (C=O) groups excluding carboxylic acids is 1. The van der Waals surface area contributed by atoms with Gasteiger partial charge in [0.05, 0.1) is 17.4 Å². The van der Waals surface area contributed by atoms with E-state index in [2.05, 4.69) is 15.4 Å². The topological polar surface area (TPSA) is 59.8 Å². The average Bonchev–Trinajstić information content (AvgIpc) is 2.99. The van der Waals surface area contributed by atoms with Crippen molar-refractivity contribution in [2.75, 3.05) is 0 Å². The molecule has 0 radical (unpaired) electrons. The van der Waals surface area contributed by atoms with Crippen LogP contribution in [-0.4, -0.2) is 20.7 Å². The number of carbonyl (C=O) groups is 1. The van der Waals surface area contributed by atoms with Gasteiger partial charge < -0.3 is 5.32 Å². The molecule has 0 spiro atoms. The summed E-state index contributed by atoms with van der Waals surface area (Å²) in [6.45, 7) is 5.98. The molecule has 0 aliphatic carbocycles. The fourth-order valence-corrected chi connectivity index (χ4v) is 2.79. The second kappa shape index (κ2) is 7.78. The zero-order chi connectivity index (χ0) is 18.5. The standard InChI is InChI=1S/C21H22N4O/c1-15-13-16(2)25(24-15)20-9-7-19(8-10-20)17(3)23-21(26)11-6-18-5-4-12-22-14-18/h4-14,17H,1-3H3,(H,23,26)/b11-6-/t17-/m0/s1. The van der Waals surface area contributed by atoms with Crippen LogP contribution < -0.4 is 5.32 Å². The van der Waals surface area contributed by atoms with Crippen molar-refractivity contribution < 1.29 is 4.79 Å². The van der Waals surface area contributed by atoms with Crippen molar-refractivity contribution in [3.8, 4) is 5.69 Å². The number of hydrogen-bond donors (Lipinski definition) is 1. The van der Waals surface area contributed by atoms with E-state index in [4.69, 9.17) is 0 Å². The predicted octanol–water partition coefficient (Wildman–Crippen LogP) is 3.77. The summed E-state index contributed by atoms with van der Waals surface area (Å²) in [6.07, 6.45) is 6.69. The lowest BCUT2D eigenvalue weighted by Crippen LogP contribution is -2.24. The van der Waals surface area contributed by atoms with Crippen molar-refractivity contribution in [1.29, 1.82) is 0 Å². The van der Waals surface area contributed by atoms with E-state index in [1.165, 1.54) is 6.08 Å². The van der Waals surface area contributed by atoms with Crippen molar-refractivity contribution in [2.45, 2.75) is 26.8 Å². The number of nitrogens with zero attached hydrogens (tertiary/aromatic N) is 3. The SMILES string of the molecule is Cc1cc(C)n(-c2ccc([C@H](C)NC(=O)/C=C\c3cccnc3)cc2)n1. The van der Waals surface area contributed by atoms with Crippen LogP contribution in [-0.2, 0) is 4.79 Å². The molecule has 2 heterocycles. The molecule has 0 fully saturated rings. The molecule has 3 aromatic rings. The van der Waals surface area contributed by atoms with Gasteiger partial charge in [0.2, 0.25) is 5.91 Å². The van der Waals surface area contributed by atoms with Gasteiger partial charge in [-0.05, 0) is 62.2 Å². The Hall–Kier alpha value is -3.21. The molecule has 0 saturated heterocycles. The van der Waals surface area contributed by atoms with Gasteiger partial charge in [-0.1, -0.05) is 18.2 Å². The molecular weight excluding hydrogens is 324 g/mol. The van der Waals surface area contributed by atoms with E-state index in [0.717, 1.165) is 28.2 Å². The molecule has 0 unspecified atom stereocenters. The maximum absolute atomic E-state index is 12.1. The monoisotopic (exact) mass is 346 g/mol. The molecule has 1 N–H and O–H groups in total. The summed E-state index contributed by atoms with van der Waals surface area (Å²) in [5, 5.41) is 7.46. The normalized spacial score (nSPS) is 12.3. The van der Waals surface area contributed by atoms with Crippen LogP contribution in [0.4, 0.5) is 0 Å². The molecule has 26 heavy (non-hydrogen) atoms. The Balaban J connectivity index is 1.64. The molecule has 1 aromatic carbocycles. The van der Waals surface area contributed by atoms with E-state index in [0.29, 0.717) is 0 Å². The molecule has 2 aromatic heterocycles. The van der Waals surface area contributed by atoms with Crippen LogP contribution >= 0.6 is 0 Å². The number of nitrogens with one attached hydrogen (secondary N) is 1. The largest absolute Gasteiger partial charge is 0.346 e. The number of aryl methyl sites for hydroxylation is 2. The average molecular weight is 346 g/mol. The van der Waals surface area contributed by atoms with Crippen LogP contribution in [0.15, 0.2) is 60.9 Å². The lowest BCUT2D eigenvalue weighted by atomic mass is 10.1. The molecule has 3 rings (SSSR count). The molecule has 1 atom stereocenters. The van der Waals surface area contributed by atoms with E-state index in [9.17, 15) is 4.79 Å². The van der Waals surface area contributed by atoms with Gasteiger partial charge in [-0.3, -0.25) is 9.78 Å².